The fourth-order valence-electron chi connectivity index (χ4n) is 1.37. The highest BCUT2D eigenvalue weighted by Crippen LogP contribution is 2.12. The van der Waals surface area contributed by atoms with Crippen LogP contribution in [0.5, 0.6) is 0 Å². The van der Waals surface area contributed by atoms with Crippen LogP contribution in [0.25, 0.3) is 0 Å². The third-order valence-corrected chi connectivity index (χ3v) is 2.17. The highest BCUT2D eigenvalue weighted by atomic mass is 16.2. The van der Waals surface area contributed by atoms with Crippen LogP contribution < -0.4 is 0 Å². The number of hydrogen-bond acceptors (Lipinski definition) is 2. The lowest BCUT2D eigenvalue weighted by atomic mass is 10.2. The monoisotopic (exact) mass is 181 g/mol. The molecule has 0 atom stereocenters. The van der Waals surface area contributed by atoms with Gasteiger partial charge >= 0.3 is 0 Å². The van der Waals surface area contributed by atoms with Crippen LogP contribution in [0.4, 0.5) is 0 Å². The van der Waals surface area contributed by atoms with Crippen molar-refractivity contribution in [3.05, 3.63) is 11.6 Å². The topological polar surface area (TPSA) is 37.4 Å². The van der Waals surface area contributed by atoms with E-state index in [1.165, 1.54) is 11.0 Å². The second-order valence-corrected chi connectivity index (χ2v) is 3.33. The van der Waals surface area contributed by atoms with Crippen LogP contribution in [0.2, 0.25) is 0 Å². The molecule has 0 saturated heterocycles. The Bertz CT molecular complexity index is 256. The normalized spacial score (nSPS) is 16.8. The summed E-state index contributed by atoms with van der Waals surface area (Å²) < 4.78 is 0. The van der Waals surface area contributed by atoms with Gasteiger partial charge in [0.2, 0.25) is 0 Å². The van der Waals surface area contributed by atoms with E-state index in [0.717, 1.165) is 19.3 Å². The van der Waals surface area contributed by atoms with Crippen molar-refractivity contribution in [3.8, 4) is 0 Å². The average Bonchev–Trinajstić information content (AvgIpc) is 2.32. The quantitative estimate of drug-likeness (QED) is 0.486. The molecule has 0 aromatic heterocycles. The number of imide groups is 1. The third-order valence-electron chi connectivity index (χ3n) is 2.17. The van der Waals surface area contributed by atoms with Crippen molar-refractivity contribution < 1.29 is 9.59 Å². The molecule has 3 nitrogen and oxygen atoms in total. The first kappa shape index (κ1) is 9.96. The van der Waals surface area contributed by atoms with E-state index in [0.29, 0.717) is 12.1 Å². The van der Waals surface area contributed by atoms with E-state index < -0.39 is 0 Å². The predicted molar refractivity (Wildman–Crippen MR) is 50.0 cm³/mol. The van der Waals surface area contributed by atoms with Gasteiger partial charge in [-0.25, -0.2) is 0 Å². The molecule has 0 saturated carbocycles. The van der Waals surface area contributed by atoms with E-state index in [2.05, 4.69) is 6.92 Å². The number of carbonyl (C=O) groups is 2. The maximum atomic E-state index is 11.3. The van der Waals surface area contributed by atoms with Crippen molar-refractivity contribution in [1.82, 2.24) is 4.90 Å². The highest BCUT2D eigenvalue weighted by Gasteiger charge is 2.27. The lowest BCUT2D eigenvalue weighted by molar-refractivity contribution is -0.137. The molecule has 1 aliphatic heterocycles. The maximum absolute atomic E-state index is 11.3. The Kier molecular flexibility index (Phi) is 3.23. The van der Waals surface area contributed by atoms with Crippen molar-refractivity contribution in [2.24, 2.45) is 0 Å². The summed E-state index contributed by atoms with van der Waals surface area (Å²) in [6.07, 6.45) is 4.49. The average molecular weight is 181 g/mol. The molecule has 0 fully saturated rings. The van der Waals surface area contributed by atoms with Crippen LogP contribution in [-0.2, 0) is 9.59 Å². The standard InChI is InChI=1S/C10H15NO2/c1-3-4-5-6-11-9(12)7-8(2)10(11)13/h7H,3-6H2,1-2H3. The second-order valence-electron chi connectivity index (χ2n) is 3.33. The van der Waals surface area contributed by atoms with Gasteiger partial charge in [0.15, 0.2) is 0 Å². The van der Waals surface area contributed by atoms with Crippen molar-refractivity contribution >= 4 is 11.8 Å². The minimum absolute atomic E-state index is 0.124. The molecule has 0 unspecified atom stereocenters. The Morgan fingerprint density at radius 3 is 2.46 bits per heavy atom. The summed E-state index contributed by atoms with van der Waals surface area (Å²) in [5, 5.41) is 0. The summed E-state index contributed by atoms with van der Waals surface area (Å²) >= 11 is 0. The number of rotatable bonds is 4. The third kappa shape index (κ3) is 2.17. The van der Waals surface area contributed by atoms with Gasteiger partial charge in [0.1, 0.15) is 0 Å². The predicted octanol–water partition coefficient (Wildman–Crippen LogP) is 1.49. The Morgan fingerprint density at radius 1 is 1.31 bits per heavy atom. The fraction of sp³-hybridized carbons (Fsp3) is 0.600. The van der Waals surface area contributed by atoms with Gasteiger partial charge in [-0.15, -0.1) is 0 Å². The van der Waals surface area contributed by atoms with Crippen molar-refractivity contribution in [2.45, 2.75) is 33.1 Å². The molecule has 1 heterocycles. The molecule has 72 valence electrons. The smallest absolute Gasteiger partial charge is 0.256 e. The Morgan fingerprint density at radius 2 is 2.00 bits per heavy atom. The number of nitrogens with zero attached hydrogens (tertiary/aromatic N) is 1. The van der Waals surface area contributed by atoms with E-state index in [1.54, 1.807) is 6.92 Å². The zero-order valence-electron chi connectivity index (χ0n) is 8.17. The largest absolute Gasteiger partial charge is 0.275 e. The number of hydrogen-bond donors (Lipinski definition) is 0. The van der Waals surface area contributed by atoms with Crippen LogP contribution in [0, 0.1) is 0 Å². The summed E-state index contributed by atoms with van der Waals surface area (Å²) in [5.74, 6) is -0.278. The van der Waals surface area contributed by atoms with Gasteiger partial charge in [0.05, 0.1) is 0 Å². The molecule has 3 heteroatoms. The summed E-state index contributed by atoms with van der Waals surface area (Å²) in [5.41, 5.74) is 0.557. The van der Waals surface area contributed by atoms with Gasteiger partial charge in [-0.05, 0) is 13.3 Å². The molecule has 13 heavy (non-hydrogen) atoms. The van der Waals surface area contributed by atoms with Crippen LogP contribution in [0.3, 0.4) is 0 Å². The fourth-order valence-corrected chi connectivity index (χ4v) is 1.37. The molecule has 0 radical (unpaired) electrons. The molecule has 0 spiro atoms. The maximum Gasteiger partial charge on any atom is 0.256 e. The zero-order valence-corrected chi connectivity index (χ0v) is 8.17. The molecule has 0 aromatic rings. The van der Waals surface area contributed by atoms with E-state index >= 15 is 0 Å². The van der Waals surface area contributed by atoms with E-state index in [-0.39, 0.29) is 11.8 Å². The SMILES string of the molecule is CCCCCN1C(=O)C=C(C)C1=O. The molecule has 1 aliphatic rings. The van der Waals surface area contributed by atoms with Gasteiger partial charge in [0.25, 0.3) is 11.8 Å². The minimum Gasteiger partial charge on any atom is -0.275 e. The molecule has 0 N–H and O–H groups in total. The van der Waals surface area contributed by atoms with E-state index in [1.807, 2.05) is 0 Å². The first-order chi connectivity index (χ1) is 6.16. The summed E-state index contributed by atoms with van der Waals surface area (Å²) in [6, 6.07) is 0. The molecular formula is C10H15NO2. The van der Waals surface area contributed by atoms with Crippen molar-refractivity contribution in [3.63, 3.8) is 0 Å². The van der Waals surface area contributed by atoms with Gasteiger partial charge in [-0.3, -0.25) is 14.5 Å². The van der Waals surface area contributed by atoms with Gasteiger partial charge in [-0.2, -0.15) is 0 Å². The first-order valence-corrected chi connectivity index (χ1v) is 4.71. The van der Waals surface area contributed by atoms with Crippen LogP contribution in [0.15, 0.2) is 11.6 Å². The van der Waals surface area contributed by atoms with Crippen LogP contribution in [0.1, 0.15) is 33.1 Å². The second kappa shape index (κ2) is 4.21. The molecule has 1 rings (SSSR count). The Hall–Kier alpha value is -1.12. The van der Waals surface area contributed by atoms with E-state index in [9.17, 15) is 9.59 Å². The molecule has 2 amide bonds. The van der Waals surface area contributed by atoms with Crippen LogP contribution in [-0.4, -0.2) is 23.3 Å². The highest BCUT2D eigenvalue weighted by molar-refractivity contribution is 6.15. The van der Waals surface area contributed by atoms with Crippen molar-refractivity contribution in [1.29, 1.82) is 0 Å². The van der Waals surface area contributed by atoms with E-state index in [4.69, 9.17) is 0 Å². The number of unbranched alkanes of at least 4 members (excludes halogenated alkanes) is 2. The summed E-state index contributed by atoms with van der Waals surface area (Å²) in [4.78, 5) is 23.9. The van der Waals surface area contributed by atoms with Gasteiger partial charge < -0.3 is 0 Å². The zero-order chi connectivity index (χ0) is 9.84. The summed E-state index contributed by atoms with van der Waals surface area (Å²) in [7, 11) is 0. The van der Waals surface area contributed by atoms with Crippen molar-refractivity contribution in [2.75, 3.05) is 6.54 Å². The lowest BCUT2D eigenvalue weighted by Gasteiger charge is -2.13. The molecule has 0 bridgehead atoms. The number of carbonyl (C=O) groups excluding carboxylic acids is 2. The molecule has 0 aliphatic carbocycles. The Balaban J connectivity index is 2.44. The molecule has 0 aromatic carbocycles. The number of amides is 2. The van der Waals surface area contributed by atoms with Gasteiger partial charge in [0, 0.05) is 18.2 Å². The van der Waals surface area contributed by atoms with Gasteiger partial charge in [-0.1, -0.05) is 19.8 Å². The Labute approximate surface area is 78.4 Å². The summed E-state index contributed by atoms with van der Waals surface area (Å²) in [6.45, 7) is 4.34. The minimum atomic E-state index is -0.154. The lowest BCUT2D eigenvalue weighted by Crippen LogP contribution is -2.31. The van der Waals surface area contributed by atoms with Crippen LogP contribution >= 0.6 is 0 Å². The molecular weight excluding hydrogens is 166 g/mol. The first-order valence-electron chi connectivity index (χ1n) is 4.71.